The molecule has 0 N–H and O–H groups in total. The zero-order valence-corrected chi connectivity index (χ0v) is 25.9. The Labute approximate surface area is 252 Å². The van der Waals surface area contributed by atoms with Gasteiger partial charge in [-0.25, -0.2) is 9.59 Å². The molecule has 2 aromatic carbocycles. The van der Waals surface area contributed by atoms with Crippen LogP contribution in [0.1, 0.15) is 95.2 Å². The zero-order chi connectivity index (χ0) is 30.2. The van der Waals surface area contributed by atoms with Gasteiger partial charge in [-0.2, -0.15) is 0 Å². The van der Waals surface area contributed by atoms with E-state index < -0.39 is 17.9 Å². The van der Waals surface area contributed by atoms with Crippen molar-refractivity contribution in [2.45, 2.75) is 104 Å². The molecule has 0 spiro atoms. The minimum absolute atomic E-state index is 0.154. The van der Waals surface area contributed by atoms with Gasteiger partial charge in [-0.05, 0) is 37.0 Å². The molecular formula is C35H50N2O5. The lowest BCUT2D eigenvalue weighted by molar-refractivity contribution is -0.152. The van der Waals surface area contributed by atoms with E-state index in [-0.39, 0.29) is 25.2 Å². The van der Waals surface area contributed by atoms with E-state index in [1.807, 2.05) is 68.4 Å². The van der Waals surface area contributed by atoms with Crippen molar-refractivity contribution in [3.05, 3.63) is 71.3 Å². The molecular weight excluding hydrogens is 528 g/mol. The van der Waals surface area contributed by atoms with Crippen molar-refractivity contribution in [3.63, 3.8) is 0 Å². The number of amides is 2. The average molecular weight is 579 g/mol. The molecule has 42 heavy (non-hydrogen) atoms. The van der Waals surface area contributed by atoms with Gasteiger partial charge in [0.1, 0.15) is 12.6 Å². The predicted molar refractivity (Wildman–Crippen MR) is 166 cm³/mol. The van der Waals surface area contributed by atoms with Crippen LogP contribution in [0.4, 0.5) is 4.79 Å². The molecule has 2 atom stereocenters. The average Bonchev–Trinajstić information content (AvgIpc) is 3.02. The maximum atomic E-state index is 14.0. The molecule has 0 radical (unpaired) electrons. The number of unbranched alkanes of at least 4 members (excludes halogenated alkanes) is 7. The van der Waals surface area contributed by atoms with Crippen LogP contribution in [-0.4, -0.2) is 53.5 Å². The van der Waals surface area contributed by atoms with Gasteiger partial charge in [-0.1, -0.05) is 113 Å². The quantitative estimate of drug-likeness (QED) is 0.145. The Morgan fingerprint density at radius 1 is 0.833 bits per heavy atom. The standard InChI is InChI=1S/C35H50N2O5/c1-4-7-8-9-10-11-12-16-23-31(33(38)41-6-3)25-36(5-2)35(40)37-26-30-22-18-17-21-29(30)24-32(37)34(39)42-27-28-19-14-13-15-20-28/h13-15,17-22,31-32H,4-12,16,23-27H2,1-3H3/t31-,32+/m1/s1. The summed E-state index contributed by atoms with van der Waals surface area (Å²) in [5, 5.41) is 0. The van der Waals surface area contributed by atoms with Gasteiger partial charge in [0.25, 0.3) is 0 Å². The van der Waals surface area contributed by atoms with Gasteiger partial charge in [0, 0.05) is 26.1 Å². The first kappa shape index (κ1) is 33.2. The molecule has 0 aliphatic carbocycles. The molecule has 0 saturated carbocycles. The van der Waals surface area contributed by atoms with E-state index in [0.717, 1.165) is 36.0 Å². The topological polar surface area (TPSA) is 76.2 Å². The molecule has 1 aliphatic heterocycles. The number of carbonyl (C=O) groups excluding carboxylic acids is 3. The van der Waals surface area contributed by atoms with Gasteiger partial charge >= 0.3 is 18.0 Å². The highest BCUT2D eigenvalue weighted by Crippen LogP contribution is 2.26. The Hall–Kier alpha value is -3.35. The summed E-state index contributed by atoms with van der Waals surface area (Å²) in [4.78, 5) is 43.7. The third-order valence-corrected chi connectivity index (χ3v) is 8.11. The summed E-state index contributed by atoms with van der Waals surface area (Å²) in [7, 11) is 0. The number of benzene rings is 2. The minimum atomic E-state index is -0.737. The van der Waals surface area contributed by atoms with Crippen molar-refractivity contribution in [2.75, 3.05) is 19.7 Å². The van der Waals surface area contributed by atoms with Crippen LogP contribution in [0, 0.1) is 5.92 Å². The summed E-state index contributed by atoms with van der Waals surface area (Å²) in [6.07, 6.45) is 10.5. The fourth-order valence-corrected chi connectivity index (χ4v) is 5.62. The van der Waals surface area contributed by atoms with Crippen LogP contribution >= 0.6 is 0 Å². The highest BCUT2D eigenvalue weighted by molar-refractivity contribution is 5.85. The van der Waals surface area contributed by atoms with Crippen LogP contribution in [0.5, 0.6) is 0 Å². The van der Waals surface area contributed by atoms with Crippen molar-refractivity contribution in [1.82, 2.24) is 9.80 Å². The number of ether oxygens (including phenoxy) is 2. The molecule has 0 fully saturated rings. The second kappa shape index (κ2) is 18.2. The Balaban J connectivity index is 1.68. The Morgan fingerprint density at radius 3 is 2.14 bits per heavy atom. The number of hydrogen-bond donors (Lipinski definition) is 0. The lowest BCUT2D eigenvalue weighted by atomic mass is 9.94. The molecule has 7 heteroatoms. The fraction of sp³-hybridized carbons (Fsp3) is 0.571. The van der Waals surface area contributed by atoms with Crippen LogP contribution in [0.2, 0.25) is 0 Å². The summed E-state index contributed by atoms with van der Waals surface area (Å²) in [6, 6.07) is 16.5. The van der Waals surface area contributed by atoms with Crippen molar-refractivity contribution in [1.29, 1.82) is 0 Å². The van der Waals surface area contributed by atoms with Crippen molar-refractivity contribution in [3.8, 4) is 0 Å². The Kier molecular flexibility index (Phi) is 14.4. The normalized spacial score (nSPS) is 15.0. The highest BCUT2D eigenvalue weighted by atomic mass is 16.5. The molecule has 230 valence electrons. The fourth-order valence-electron chi connectivity index (χ4n) is 5.62. The SMILES string of the molecule is CCCCCCCCCC[C@H](CN(CC)C(=O)N1Cc2ccccc2C[C@H]1C(=O)OCc1ccccc1)C(=O)OCC. The first-order chi connectivity index (χ1) is 20.5. The third kappa shape index (κ3) is 10.2. The van der Waals surface area contributed by atoms with Crippen molar-refractivity contribution in [2.24, 2.45) is 5.92 Å². The summed E-state index contributed by atoms with van der Waals surface area (Å²) >= 11 is 0. The van der Waals surface area contributed by atoms with E-state index in [0.29, 0.717) is 32.5 Å². The summed E-state index contributed by atoms with van der Waals surface area (Å²) < 4.78 is 11.1. The third-order valence-electron chi connectivity index (χ3n) is 8.11. The minimum Gasteiger partial charge on any atom is -0.466 e. The number of rotatable bonds is 17. The summed E-state index contributed by atoms with van der Waals surface area (Å²) in [6.45, 7) is 7.43. The summed E-state index contributed by atoms with van der Waals surface area (Å²) in [5.74, 6) is -1.07. The maximum absolute atomic E-state index is 14.0. The first-order valence-corrected chi connectivity index (χ1v) is 16.0. The molecule has 0 saturated heterocycles. The highest BCUT2D eigenvalue weighted by Gasteiger charge is 2.38. The van der Waals surface area contributed by atoms with Crippen LogP contribution in [0.25, 0.3) is 0 Å². The molecule has 1 heterocycles. The summed E-state index contributed by atoms with van der Waals surface area (Å²) in [5.41, 5.74) is 2.97. The number of hydrogen-bond acceptors (Lipinski definition) is 5. The number of fused-ring (bicyclic) bond motifs is 1. The first-order valence-electron chi connectivity index (χ1n) is 16.0. The van der Waals surface area contributed by atoms with E-state index in [1.54, 1.807) is 9.80 Å². The van der Waals surface area contributed by atoms with Gasteiger partial charge in [0.15, 0.2) is 0 Å². The number of esters is 2. The van der Waals surface area contributed by atoms with E-state index in [9.17, 15) is 14.4 Å². The van der Waals surface area contributed by atoms with Gasteiger partial charge in [-0.15, -0.1) is 0 Å². The van der Waals surface area contributed by atoms with Crippen LogP contribution in [0.3, 0.4) is 0 Å². The molecule has 1 aliphatic rings. The van der Waals surface area contributed by atoms with Crippen molar-refractivity contribution < 1.29 is 23.9 Å². The Bertz CT molecular complexity index is 1110. The number of urea groups is 1. The largest absolute Gasteiger partial charge is 0.466 e. The lowest BCUT2D eigenvalue weighted by Gasteiger charge is -2.39. The van der Waals surface area contributed by atoms with Gasteiger partial charge in [0.2, 0.25) is 0 Å². The lowest BCUT2D eigenvalue weighted by Crippen LogP contribution is -2.54. The second-order valence-corrected chi connectivity index (χ2v) is 11.2. The van der Waals surface area contributed by atoms with E-state index >= 15 is 0 Å². The molecule has 0 unspecified atom stereocenters. The maximum Gasteiger partial charge on any atom is 0.329 e. The van der Waals surface area contributed by atoms with E-state index in [1.165, 1.54) is 32.1 Å². The second-order valence-electron chi connectivity index (χ2n) is 11.2. The van der Waals surface area contributed by atoms with Gasteiger partial charge < -0.3 is 19.3 Å². The van der Waals surface area contributed by atoms with Crippen molar-refractivity contribution >= 4 is 18.0 Å². The molecule has 3 rings (SSSR count). The predicted octanol–water partition coefficient (Wildman–Crippen LogP) is 7.31. The molecule has 0 aromatic heterocycles. The van der Waals surface area contributed by atoms with E-state index in [4.69, 9.17) is 9.47 Å². The van der Waals surface area contributed by atoms with Crippen LogP contribution < -0.4 is 0 Å². The Morgan fingerprint density at radius 2 is 1.48 bits per heavy atom. The molecule has 2 aromatic rings. The van der Waals surface area contributed by atoms with Gasteiger partial charge in [-0.3, -0.25) is 4.79 Å². The van der Waals surface area contributed by atoms with Crippen LogP contribution in [0.15, 0.2) is 54.6 Å². The number of carbonyl (C=O) groups is 3. The monoisotopic (exact) mass is 578 g/mol. The van der Waals surface area contributed by atoms with Crippen LogP contribution in [-0.2, 0) is 38.6 Å². The van der Waals surface area contributed by atoms with E-state index in [2.05, 4.69) is 6.92 Å². The number of nitrogens with zero attached hydrogens (tertiary/aromatic N) is 2. The molecule has 0 bridgehead atoms. The molecule has 2 amide bonds. The zero-order valence-electron chi connectivity index (χ0n) is 25.9. The van der Waals surface area contributed by atoms with Gasteiger partial charge in [0.05, 0.1) is 12.5 Å². The smallest absolute Gasteiger partial charge is 0.329 e. The molecule has 7 nitrogen and oxygen atoms in total.